The Labute approximate surface area is 189 Å². The molecule has 3 aromatic carbocycles. The lowest BCUT2D eigenvalue weighted by Gasteiger charge is -2.10. The SMILES string of the molecule is COC(=O)c1c(NC(=O)C(C#N)=Cc2c3ccccc3cc3ccccc23)sc(C)c1C. The van der Waals surface area contributed by atoms with E-state index in [0.717, 1.165) is 37.5 Å². The third kappa shape index (κ3) is 3.75. The van der Waals surface area contributed by atoms with Gasteiger partial charge in [-0.15, -0.1) is 11.3 Å². The first-order valence-corrected chi connectivity index (χ1v) is 10.8. The smallest absolute Gasteiger partial charge is 0.341 e. The van der Waals surface area contributed by atoms with Crippen LogP contribution in [0.15, 0.2) is 60.2 Å². The monoisotopic (exact) mass is 440 g/mol. The summed E-state index contributed by atoms with van der Waals surface area (Å²) < 4.78 is 4.87. The van der Waals surface area contributed by atoms with Crippen molar-refractivity contribution in [3.8, 4) is 6.07 Å². The molecule has 1 heterocycles. The number of fused-ring (bicyclic) bond motifs is 2. The van der Waals surface area contributed by atoms with Crippen molar-refractivity contribution in [1.29, 1.82) is 5.26 Å². The molecule has 1 amide bonds. The van der Waals surface area contributed by atoms with Crippen LogP contribution in [0.5, 0.6) is 0 Å². The molecule has 0 spiro atoms. The lowest BCUT2D eigenvalue weighted by Crippen LogP contribution is -2.15. The van der Waals surface area contributed by atoms with Gasteiger partial charge >= 0.3 is 5.97 Å². The maximum atomic E-state index is 13.1. The van der Waals surface area contributed by atoms with Gasteiger partial charge in [-0.25, -0.2) is 4.79 Å². The molecule has 0 aliphatic rings. The molecule has 0 unspecified atom stereocenters. The Morgan fingerprint density at radius 1 is 1.03 bits per heavy atom. The number of nitriles is 1. The fraction of sp³-hybridized carbons (Fsp3) is 0.115. The molecule has 0 fully saturated rings. The fourth-order valence-corrected chi connectivity index (χ4v) is 4.77. The molecular formula is C26H20N2O3S. The highest BCUT2D eigenvalue weighted by Crippen LogP contribution is 2.34. The minimum absolute atomic E-state index is 0.0500. The van der Waals surface area contributed by atoms with Gasteiger partial charge in [0.05, 0.1) is 12.7 Å². The molecule has 1 aromatic heterocycles. The minimum Gasteiger partial charge on any atom is -0.465 e. The van der Waals surface area contributed by atoms with Crippen molar-refractivity contribution in [1.82, 2.24) is 0 Å². The van der Waals surface area contributed by atoms with Gasteiger partial charge in [-0.3, -0.25) is 4.79 Å². The Hall–Kier alpha value is -3.95. The van der Waals surface area contributed by atoms with Crippen molar-refractivity contribution in [3.05, 3.63) is 81.7 Å². The average Bonchev–Trinajstić information content (AvgIpc) is 3.08. The normalized spacial score (nSPS) is 11.4. The molecule has 158 valence electrons. The van der Waals surface area contributed by atoms with Crippen LogP contribution < -0.4 is 5.32 Å². The summed E-state index contributed by atoms with van der Waals surface area (Å²) in [5.74, 6) is -1.10. The number of hydrogen-bond acceptors (Lipinski definition) is 5. The van der Waals surface area contributed by atoms with Crippen molar-refractivity contribution < 1.29 is 14.3 Å². The third-order valence-corrected chi connectivity index (χ3v) is 6.59. The summed E-state index contributed by atoms with van der Waals surface area (Å²) in [5.41, 5.74) is 1.82. The van der Waals surface area contributed by atoms with E-state index < -0.39 is 11.9 Å². The molecule has 4 aromatic rings. The first kappa shape index (κ1) is 21.3. The number of ether oxygens (including phenoxy) is 1. The van der Waals surface area contributed by atoms with Crippen LogP contribution in [0.1, 0.15) is 26.4 Å². The van der Waals surface area contributed by atoms with E-state index in [4.69, 9.17) is 4.74 Å². The van der Waals surface area contributed by atoms with Crippen molar-refractivity contribution in [2.24, 2.45) is 0 Å². The van der Waals surface area contributed by atoms with Gasteiger partial charge in [0.15, 0.2) is 0 Å². The van der Waals surface area contributed by atoms with Crippen LogP contribution in [0.4, 0.5) is 5.00 Å². The van der Waals surface area contributed by atoms with Crippen LogP contribution in [-0.4, -0.2) is 19.0 Å². The number of methoxy groups -OCH3 is 1. The summed E-state index contributed by atoms with van der Waals surface area (Å²) in [5, 5.41) is 16.9. The molecule has 0 radical (unpaired) electrons. The number of esters is 1. The molecule has 0 atom stereocenters. The number of rotatable bonds is 4. The van der Waals surface area contributed by atoms with Crippen molar-refractivity contribution >= 4 is 55.8 Å². The molecule has 32 heavy (non-hydrogen) atoms. The molecule has 4 rings (SSSR count). The van der Waals surface area contributed by atoms with Gasteiger partial charge in [0.2, 0.25) is 0 Å². The predicted octanol–water partition coefficient (Wildman–Crippen LogP) is 6.00. The van der Waals surface area contributed by atoms with Gasteiger partial charge in [0.1, 0.15) is 16.6 Å². The number of carbonyl (C=O) groups is 2. The number of amides is 1. The van der Waals surface area contributed by atoms with E-state index >= 15 is 0 Å². The Morgan fingerprint density at radius 3 is 2.19 bits per heavy atom. The molecule has 0 bridgehead atoms. The summed E-state index contributed by atoms with van der Waals surface area (Å²) in [6, 6.07) is 19.8. The molecule has 0 aliphatic heterocycles. The van der Waals surface area contributed by atoms with E-state index in [-0.39, 0.29) is 5.57 Å². The summed E-state index contributed by atoms with van der Waals surface area (Å²) >= 11 is 1.28. The number of carbonyl (C=O) groups excluding carboxylic acids is 2. The Kier molecular flexibility index (Phi) is 5.76. The number of nitrogens with one attached hydrogen (secondary N) is 1. The lowest BCUT2D eigenvalue weighted by atomic mass is 9.95. The van der Waals surface area contributed by atoms with Crippen LogP contribution >= 0.6 is 11.3 Å². The zero-order valence-corrected chi connectivity index (χ0v) is 18.7. The number of thiophene rings is 1. The van der Waals surface area contributed by atoms with Crippen LogP contribution in [0, 0.1) is 25.2 Å². The topological polar surface area (TPSA) is 79.2 Å². The maximum Gasteiger partial charge on any atom is 0.341 e. The van der Waals surface area contributed by atoms with Crippen LogP contribution in [0.2, 0.25) is 0 Å². The van der Waals surface area contributed by atoms with Gasteiger partial charge in [-0.2, -0.15) is 5.26 Å². The average molecular weight is 441 g/mol. The molecule has 0 aliphatic carbocycles. The Bertz CT molecular complexity index is 1400. The van der Waals surface area contributed by atoms with Gasteiger partial charge in [-0.05, 0) is 58.7 Å². The standard InChI is InChI=1S/C26H20N2O3S/c1-15-16(2)32-25(23(15)26(30)31-3)28-24(29)19(14-27)13-22-20-10-6-4-8-17(20)12-18-9-5-7-11-21(18)22/h4-13H,1-3H3,(H,28,29). The van der Waals surface area contributed by atoms with Crippen LogP contribution in [-0.2, 0) is 9.53 Å². The second-order valence-corrected chi connectivity index (χ2v) is 8.56. The van der Waals surface area contributed by atoms with Crippen LogP contribution in [0.25, 0.3) is 27.6 Å². The van der Waals surface area contributed by atoms with Gasteiger partial charge < -0.3 is 10.1 Å². The van der Waals surface area contributed by atoms with Crippen molar-refractivity contribution in [3.63, 3.8) is 0 Å². The molecule has 0 saturated carbocycles. The zero-order valence-electron chi connectivity index (χ0n) is 17.9. The van der Waals surface area contributed by atoms with E-state index in [2.05, 4.69) is 11.4 Å². The van der Waals surface area contributed by atoms with E-state index in [1.807, 2.05) is 61.5 Å². The second-order valence-electron chi connectivity index (χ2n) is 7.34. The first-order valence-electron chi connectivity index (χ1n) is 9.96. The third-order valence-electron chi connectivity index (χ3n) is 5.47. The highest BCUT2D eigenvalue weighted by atomic mass is 32.1. The largest absolute Gasteiger partial charge is 0.465 e. The molecule has 0 saturated heterocycles. The number of hydrogen-bond donors (Lipinski definition) is 1. The lowest BCUT2D eigenvalue weighted by molar-refractivity contribution is -0.112. The Balaban J connectivity index is 1.82. The summed E-state index contributed by atoms with van der Waals surface area (Å²) in [6.07, 6.45) is 1.62. The summed E-state index contributed by atoms with van der Waals surface area (Å²) in [4.78, 5) is 26.2. The highest BCUT2D eigenvalue weighted by molar-refractivity contribution is 7.16. The molecule has 5 nitrogen and oxygen atoms in total. The summed E-state index contributed by atoms with van der Waals surface area (Å²) in [6.45, 7) is 3.67. The number of benzene rings is 3. The van der Waals surface area contributed by atoms with Gasteiger partial charge in [-0.1, -0.05) is 48.5 Å². The minimum atomic E-state index is -0.573. The van der Waals surface area contributed by atoms with Crippen LogP contribution in [0.3, 0.4) is 0 Å². The van der Waals surface area contributed by atoms with Crippen molar-refractivity contribution in [2.45, 2.75) is 13.8 Å². The molecule has 1 N–H and O–H groups in total. The van der Waals surface area contributed by atoms with Crippen molar-refractivity contribution in [2.75, 3.05) is 12.4 Å². The highest BCUT2D eigenvalue weighted by Gasteiger charge is 2.23. The van der Waals surface area contributed by atoms with E-state index in [1.54, 1.807) is 13.0 Å². The quantitative estimate of drug-likeness (QED) is 0.183. The van der Waals surface area contributed by atoms with Gasteiger partial charge in [0, 0.05) is 4.88 Å². The first-order chi connectivity index (χ1) is 15.4. The maximum absolute atomic E-state index is 13.1. The van der Waals surface area contributed by atoms with Gasteiger partial charge in [0.25, 0.3) is 5.91 Å². The summed E-state index contributed by atoms with van der Waals surface area (Å²) in [7, 11) is 1.30. The van der Waals surface area contributed by atoms with E-state index in [1.165, 1.54) is 18.4 Å². The Morgan fingerprint density at radius 2 is 1.62 bits per heavy atom. The number of anilines is 1. The number of nitrogens with zero attached hydrogens (tertiary/aromatic N) is 1. The second kappa shape index (κ2) is 8.66. The van der Waals surface area contributed by atoms with E-state index in [0.29, 0.717) is 10.6 Å². The number of aryl methyl sites for hydroxylation is 1. The van der Waals surface area contributed by atoms with E-state index in [9.17, 15) is 14.9 Å². The zero-order chi connectivity index (χ0) is 22.8. The fourth-order valence-electron chi connectivity index (χ4n) is 3.73. The molecule has 6 heteroatoms. The predicted molar refractivity (Wildman–Crippen MR) is 129 cm³/mol. The molecular weight excluding hydrogens is 420 g/mol.